The van der Waals surface area contributed by atoms with Crippen molar-refractivity contribution >= 4 is 23.6 Å². The number of anilines is 1. The normalized spacial score (nSPS) is 13.4. The third kappa shape index (κ3) is 6.35. The van der Waals surface area contributed by atoms with Gasteiger partial charge in [-0.25, -0.2) is 0 Å². The second kappa shape index (κ2) is 11.2. The van der Waals surface area contributed by atoms with Crippen LogP contribution in [0.2, 0.25) is 0 Å². The Bertz CT molecular complexity index is 933. The van der Waals surface area contributed by atoms with Crippen LogP contribution >= 0.6 is 0 Å². The standard InChI is InChI=1S/C25H30N2O4/c1-3-4-16-31-22-12-10-19(17-23(22)30-2)11-13-24(28)26-21-9-7-8-20(18-21)25(29)27-14-5-6-15-27/h7-13,17-18H,3-6,14-16H2,1-2H3,(H,26,28)/b13-11+. The number of hydrogen-bond donors (Lipinski definition) is 1. The minimum atomic E-state index is -0.270. The molecule has 1 saturated heterocycles. The highest BCUT2D eigenvalue weighted by Gasteiger charge is 2.19. The number of carbonyl (C=O) groups excluding carboxylic acids is 2. The highest BCUT2D eigenvalue weighted by Crippen LogP contribution is 2.28. The van der Waals surface area contributed by atoms with E-state index < -0.39 is 0 Å². The van der Waals surface area contributed by atoms with Crippen LogP contribution < -0.4 is 14.8 Å². The maximum Gasteiger partial charge on any atom is 0.253 e. The zero-order valence-electron chi connectivity index (χ0n) is 18.2. The van der Waals surface area contributed by atoms with Gasteiger partial charge in [0.15, 0.2) is 11.5 Å². The molecular weight excluding hydrogens is 392 g/mol. The average molecular weight is 423 g/mol. The first-order chi connectivity index (χ1) is 15.1. The lowest BCUT2D eigenvalue weighted by Crippen LogP contribution is -2.27. The van der Waals surface area contributed by atoms with E-state index in [-0.39, 0.29) is 11.8 Å². The highest BCUT2D eigenvalue weighted by atomic mass is 16.5. The minimum Gasteiger partial charge on any atom is -0.493 e. The van der Waals surface area contributed by atoms with Crippen LogP contribution in [0.25, 0.3) is 6.08 Å². The number of nitrogens with one attached hydrogen (secondary N) is 1. The maximum absolute atomic E-state index is 12.5. The summed E-state index contributed by atoms with van der Waals surface area (Å²) >= 11 is 0. The molecule has 0 bridgehead atoms. The number of benzene rings is 2. The van der Waals surface area contributed by atoms with E-state index in [4.69, 9.17) is 9.47 Å². The number of amides is 2. The fourth-order valence-corrected chi connectivity index (χ4v) is 3.42. The summed E-state index contributed by atoms with van der Waals surface area (Å²) in [6.07, 6.45) is 7.31. The molecule has 2 aromatic carbocycles. The van der Waals surface area contributed by atoms with Crippen molar-refractivity contribution < 1.29 is 19.1 Å². The van der Waals surface area contributed by atoms with Crippen LogP contribution in [-0.4, -0.2) is 43.5 Å². The van der Waals surface area contributed by atoms with E-state index in [0.717, 1.165) is 44.3 Å². The first-order valence-corrected chi connectivity index (χ1v) is 10.8. The summed E-state index contributed by atoms with van der Waals surface area (Å²) in [5.41, 5.74) is 2.01. The number of ether oxygens (including phenoxy) is 2. The molecular formula is C25H30N2O4. The van der Waals surface area contributed by atoms with E-state index >= 15 is 0 Å². The predicted octanol–water partition coefficient (Wildman–Crippen LogP) is 4.76. The van der Waals surface area contributed by atoms with Gasteiger partial charge < -0.3 is 19.7 Å². The quantitative estimate of drug-likeness (QED) is 0.467. The predicted molar refractivity (Wildman–Crippen MR) is 123 cm³/mol. The molecule has 1 N–H and O–H groups in total. The molecule has 0 aromatic heterocycles. The van der Waals surface area contributed by atoms with Gasteiger partial charge in [0.1, 0.15) is 0 Å². The molecule has 0 atom stereocenters. The molecule has 0 radical (unpaired) electrons. The van der Waals surface area contributed by atoms with Crippen LogP contribution in [0.1, 0.15) is 48.5 Å². The Morgan fingerprint density at radius 2 is 1.90 bits per heavy atom. The second-order valence-corrected chi connectivity index (χ2v) is 7.52. The Kier molecular flexibility index (Phi) is 8.10. The molecule has 1 aliphatic rings. The summed E-state index contributed by atoms with van der Waals surface area (Å²) in [5, 5.41) is 2.82. The topological polar surface area (TPSA) is 67.9 Å². The number of carbonyl (C=O) groups is 2. The van der Waals surface area contributed by atoms with Gasteiger partial charge in [-0.3, -0.25) is 9.59 Å². The first kappa shape index (κ1) is 22.4. The van der Waals surface area contributed by atoms with E-state index in [0.29, 0.717) is 29.4 Å². The Morgan fingerprint density at radius 1 is 1.10 bits per heavy atom. The Balaban J connectivity index is 1.61. The van der Waals surface area contributed by atoms with Gasteiger partial charge in [0.2, 0.25) is 5.91 Å². The van der Waals surface area contributed by atoms with E-state index in [1.54, 1.807) is 37.5 Å². The number of rotatable bonds is 9. The van der Waals surface area contributed by atoms with Gasteiger partial charge in [0, 0.05) is 30.4 Å². The largest absolute Gasteiger partial charge is 0.493 e. The molecule has 1 fully saturated rings. The minimum absolute atomic E-state index is 0.0116. The van der Waals surface area contributed by atoms with Crippen molar-refractivity contribution in [1.29, 1.82) is 0 Å². The van der Waals surface area contributed by atoms with Crippen LogP contribution in [0.4, 0.5) is 5.69 Å². The molecule has 2 aromatic rings. The molecule has 0 aliphatic carbocycles. The fourth-order valence-electron chi connectivity index (χ4n) is 3.42. The summed E-state index contributed by atoms with van der Waals surface area (Å²) in [5.74, 6) is 1.06. The molecule has 0 saturated carbocycles. The number of hydrogen-bond acceptors (Lipinski definition) is 4. The number of nitrogens with zero attached hydrogens (tertiary/aromatic N) is 1. The summed E-state index contributed by atoms with van der Waals surface area (Å²) in [4.78, 5) is 26.8. The maximum atomic E-state index is 12.5. The fraction of sp³-hybridized carbons (Fsp3) is 0.360. The van der Waals surface area contributed by atoms with Crippen molar-refractivity contribution in [3.05, 3.63) is 59.7 Å². The highest BCUT2D eigenvalue weighted by molar-refractivity contribution is 6.03. The zero-order chi connectivity index (χ0) is 22.1. The SMILES string of the molecule is CCCCOc1ccc(/C=C/C(=O)Nc2cccc(C(=O)N3CCCC3)c2)cc1OC. The van der Waals surface area contributed by atoms with Crippen molar-refractivity contribution in [3.63, 3.8) is 0 Å². The molecule has 2 amide bonds. The Hall–Kier alpha value is -3.28. The lowest BCUT2D eigenvalue weighted by Gasteiger charge is -2.15. The smallest absolute Gasteiger partial charge is 0.253 e. The van der Waals surface area contributed by atoms with Gasteiger partial charge in [-0.15, -0.1) is 0 Å². The van der Waals surface area contributed by atoms with Crippen molar-refractivity contribution in [3.8, 4) is 11.5 Å². The second-order valence-electron chi connectivity index (χ2n) is 7.52. The number of likely N-dealkylation sites (tertiary alicyclic amines) is 1. The molecule has 6 heteroatoms. The van der Waals surface area contributed by atoms with Crippen molar-refractivity contribution in [2.75, 3.05) is 32.1 Å². The molecule has 0 unspecified atom stereocenters. The van der Waals surface area contributed by atoms with Crippen molar-refractivity contribution in [2.24, 2.45) is 0 Å². The monoisotopic (exact) mass is 422 g/mol. The first-order valence-electron chi connectivity index (χ1n) is 10.8. The van der Waals surface area contributed by atoms with Crippen LogP contribution in [0.15, 0.2) is 48.5 Å². The molecule has 0 spiro atoms. The Morgan fingerprint density at radius 3 is 2.65 bits per heavy atom. The molecule has 164 valence electrons. The average Bonchev–Trinajstić information content (AvgIpc) is 3.33. The van der Waals surface area contributed by atoms with Gasteiger partial charge in [-0.05, 0) is 61.2 Å². The zero-order valence-corrected chi connectivity index (χ0v) is 18.2. The van der Waals surface area contributed by atoms with Gasteiger partial charge in [-0.2, -0.15) is 0 Å². The molecule has 3 rings (SSSR count). The van der Waals surface area contributed by atoms with Crippen molar-refractivity contribution in [2.45, 2.75) is 32.6 Å². The summed E-state index contributed by atoms with van der Waals surface area (Å²) in [6, 6.07) is 12.6. The van der Waals surface area contributed by atoms with Gasteiger partial charge in [-0.1, -0.05) is 25.5 Å². The number of methoxy groups -OCH3 is 1. The van der Waals surface area contributed by atoms with E-state index in [1.165, 1.54) is 6.08 Å². The lowest BCUT2D eigenvalue weighted by molar-refractivity contribution is -0.111. The van der Waals surface area contributed by atoms with Gasteiger partial charge in [0.25, 0.3) is 5.91 Å². The molecule has 1 aliphatic heterocycles. The van der Waals surface area contributed by atoms with Crippen LogP contribution in [0.3, 0.4) is 0 Å². The lowest BCUT2D eigenvalue weighted by atomic mass is 10.1. The molecule has 6 nitrogen and oxygen atoms in total. The third-order valence-electron chi connectivity index (χ3n) is 5.14. The number of unbranched alkanes of at least 4 members (excludes halogenated alkanes) is 1. The third-order valence-corrected chi connectivity index (χ3v) is 5.14. The van der Waals surface area contributed by atoms with E-state index in [1.807, 2.05) is 23.1 Å². The van der Waals surface area contributed by atoms with Gasteiger partial charge >= 0.3 is 0 Å². The van der Waals surface area contributed by atoms with Gasteiger partial charge in [0.05, 0.1) is 13.7 Å². The molecule has 1 heterocycles. The van der Waals surface area contributed by atoms with E-state index in [9.17, 15) is 9.59 Å². The summed E-state index contributed by atoms with van der Waals surface area (Å²) in [6.45, 7) is 4.35. The van der Waals surface area contributed by atoms with E-state index in [2.05, 4.69) is 12.2 Å². The van der Waals surface area contributed by atoms with Crippen LogP contribution in [0, 0.1) is 0 Å². The van der Waals surface area contributed by atoms with Crippen molar-refractivity contribution in [1.82, 2.24) is 4.90 Å². The summed E-state index contributed by atoms with van der Waals surface area (Å²) in [7, 11) is 1.60. The van der Waals surface area contributed by atoms with Crippen LogP contribution in [-0.2, 0) is 4.79 Å². The molecule has 31 heavy (non-hydrogen) atoms. The van der Waals surface area contributed by atoms with Crippen LogP contribution in [0.5, 0.6) is 11.5 Å². The summed E-state index contributed by atoms with van der Waals surface area (Å²) < 4.78 is 11.1. The Labute approximate surface area is 183 Å².